The van der Waals surface area contributed by atoms with Gasteiger partial charge in [0.15, 0.2) is 5.96 Å². The van der Waals surface area contributed by atoms with Gasteiger partial charge in [-0.15, -0.1) is 0 Å². The van der Waals surface area contributed by atoms with Gasteiger partial charge in [0.05, 0.1) is 13.2 Å². The number of aliphatic hydroxyl groups is 1. The number of halogens is 3. The fourth-order valence-electron chi connectivity index (χ4n) is 2.79. The average molecular weight is 403 g/mol. The normalized spacial score (nSPS) is 13.4. The quantitative estimate of drug-likeness (QED) is 0.368. The van der Waals surface area contributed by atoms with Gasteiger partial charge in [-0.05, 0) is 36.8 Å². The van der Waals surface area contributed by atoms with E-state index in [0.29, 0.717) is 24.0 Å². The Labute approximate surface area is 165 Å². The highest BCUT2D eigenvalue weighted by Gasteiger charge is 2.27. The SMILES string of the molecule is CCCC(CCO)CNC(=NCc1cccc(COCC(F)(F)F)c1)NCC. The lowest BCUT2D eigenvalue weighted by molar-refractivity contribution is -0.176. The highest BCUT2D eigenvalue weighted by Crippen LogP contribution is 2.16. The van der Waals surface area contributed by atoms with Crippen LogP contribution >= 0.6 is 0 Å². The number of hydrogen-bond donors (Lipinski definition) is 3. The van der Waals surface area contributed by atoms with Crippen LogP contribution in [0, 0.1) is 5.92 Å². The van der Waals surface area contributed by atoms with Crippen LogP contribution in [0.15, 0.2) is 29.3 Å². The molecule has 0 spiro atoms. The Kier molecular flexibility index (Phi) is 11.6. The van der Waals surface area contributed by atoms with Crippen LogP contribution < -0.4 is 10.6 Å². The molecular weight excluding hydrogens is 371 g/mol. The average Bonchev–Trinajstić information content (AvgIpc) is 2.63. The number of hydrogen-bond acceptors (Lipinski definition) is 3. The molecule has 5 nitrogen and oxygen atoms in total. The van der Waals surface area contributed by atoms with E-state index in [1.807, 2.05) is 13.0 Å². The summed E-state index contributed by atoms with van der Waals surface area (Å²) in [4.78, 5) is 4.55. The van der Waals surface area contributed by atoms with Crippen LogP contribution in [0.4, 0.5) is 13.2 Å². The Morgan fingerprint density at radius 3 is 2.57 bits per heavy atom. The van der Waals surface area contributed by atoms with Crippen LogP contribution in [-0.2, 0) is 17.9 Å². The Hall–Kier alpha value is -1.80. The van der Waals surface area contributed by atoms with Crippen molar-refractivity contribution in [2.75, 3.05) is 26.3 Å². The summed E-state index contributed by atoms with van der Waals surface area (Å²) in [6.45, 7) is 4.78. The van der Waals surface area contributed by atoms with Crippen LogP contribution in [0.1, 0.15) is 44.2 Å². The highest BCUT2D eigenvalue weighted by atomic mass is 19.4. The summed E-state index contributed by atoms with van der Waals surface area (Å²) in [7, 11) is 0. The van der Waals surface area contributed by atoms with Gasteiger partial charge in [0.1, 0.15) is 6.61 Å². The van der Waals surface area contributed by atoms with E-state index in [2.05, 4.69) is 22.5 Å². The predicted molar refractivity (Wildman–Crippen MR) is 105 cm³/mol. The first-order valence-electron chi connectivity index (χ1n) is 9.73. The van der Waals surface area contributed by atoms with E-state index < -0.39 is 12.8 Å². The summed E-state index contributed by atoms with van der Waals surface area (Å²) in [5, 5.41) is 15.7. The minimum Gasteiger partial charge on any atom is -0.396 e. The number of rotatable bonds is 12. The molecule has 1 aromatic rings. The summed E-state index contributed by atoms with van der Waals surface area (Å²) in [6, 6.07) is 7.20. The van der Waals surface area contributed by atoms with Crippen molar-refractivity contribution in [2.45, 2.75) is 52.4 Å². The Morgan fingerprint density at radius 1 is 1.18 bits per heavy atom. The number of aliphatic imine (C=N–C) groups is 1. The van der Waals surface area contributed by atoms with Crippen LogP contribution in [-0.4, -0.2) is 43.5 Å². The van der Waals surface area contributed by atoms with Crippen molar-refractivity contribution in [3.8, 4) is 0 Å². The number of nitrogens with one attached hydrogen (secondary N) is 2. The number of nitrogens with zero attached hydrogens (tertiary/aromatic N) is 1. The van der Waals surface area contributed by atoms with Gasteiger partial charge in [-0.1, -0.05) is 37.6 Å². The standard InChI is InChI=1S/C20H32F3N3O2/c1-3-6-16(9-10-27)12-25-19(24-4-2)26-13-17-7-5-8-18(11-17)14-28-15-20(21,22)23/h5,7-8,11,16,27H,3-4,6,9-10,12-15H2,1-2H3,(H2,24,25,26). The number of ether oxygens (including phenoxy) is 1. The molecule has 3 N–H and O–H groups in total. The van der Waals surface area contributed by atoms with E-state index in [9.17, 15) is 13.2 Å². The van der Waals surface area contributed by atoms with E-state index in [0.717, 1.165) is 37.9 Å². The van der Waals surface area contributed by atoms with Gasteiger partial charge in [0.25, 0.3) is 0 Å². The molecule has 0 amide bonds. The maximum atomic E-state index is 12.2. The first kappa shape index (κ1) is 24.2. The van der Waals surface area contributed by atoms with Crippen molar-refractivity contribution < 1.29 is 23.0 Å². The monoisotopic (exact) mass is 403 g/mol. The lowest BCUT2D eigenvalue weighted by atomic mass is 10.0. The summed E-state index contributed by atoms with van der Waals surface area (Å²) >= 11 is 0. The molecule has 28 heavy (non-hydrogen) atoms. The van der Waals surface area contributed by atoms with E-state index in [4.69, 9.17) is 9.84 Å². The molecule has 1 unspecified atom stereocenters. The molecule has 8 heteroatoms. The van der Waals surface area contributed by atoms with E-state index in [1.165, 1.54) is 0 Å². The molecule has 1 aromatic carbocycles. The number of guanidine groups is 1. The van der Waals surface area contributed by atoms with Crippen molar-refractivity contribution in [2.24, 2.45) is 10.9 Å². The lowest BCUT2D eigenvalue weighted by Crippen LogP contribution is -2.40. The van der Waals surface area contributed by atoms with E-state index >= 15 is 0 Å². The second-order valence-electron chi connectivity index (χ2n) is 6.67. The molecule has 0 saturated carbocycles. The Bertz CT molecular complexity index is 574. The smallest absolute Gasteiger partial charge is 0.396 e. The van der Waals surface area contributed by atoms with Crippen LogP contribution in [0.25, 0.3) is 0 Å². The minimum atomic E-state index is -4.32. The van der Waals surface area contributed by atoms with Crippen molar-refractivity contribution in [1.82, 2.24) is 10.6 Å². The molecule has 0 aliphatic carbocycles. The molecule has 0 radical (unpaired) electrons. The van der Waals surface area contributed by atoms with Crippen LogP contribution in [0.3, 0.4) is 0 Å². The second-order valence-corrected chi connectivity index (χ2v) is 6.67. The topological polar surface area (TPSA) is 65.9 Å². The first-order chi connectivity index (χ1) is 13.4. The molecule has 0 bridgehead atoms. The van der Waals surface area contributed by atoms with Gasteiger partial charge >= 0.3 is 6.18 Å². The predicted octanol–water partition coefficient (Wildman–Crippen LogP) is 3.62. The fraction of sp³-hybridized carbons (Fsp3) is 0.650. The third-order valence-corrected chi connectivity index (χ3v) is 4.08. The van der Waals surface area contributed by atoms with Crippen LogP contribution in [0.5, 0.6) is 0 Å². The molecule has 0 aliphatic rings. The van der Waals surface area contributed by atoms with Gasteiger partial charge in [-0.25, -0.2) is 4.99 Å². The Balaban J connectivity index is 2.62. The Morgan fingerprint density at radius 2 is 1.93 bits per heavy atom. The van der Waals surface area contributed by atoms with Crippen LogP contribution in [0.2, 0.25) is 0 Å². The fourth-order valence-corrected chi connectivity index (χ4v) is 2.79. The summed E-state index contributed by atoms with van der Waals surface area (Å²) in [5.41, 5.74) is 1.58. The lowest BCUT2D eigenvalue weighted by Gasteiger charge is -2.18. The summed E-state index contributed by atoms with van der Waals surface area (Å²) < 4.78 is 41.2. The molecular formula is C20H32F3N3O2. The summed E-state index contributed by atoms with van der Waals surface area (Å²) in [6.07, 6.45) is -1.48. The zero-order valence-electron chi connectivity index (χ0n) is 16.7. The first-order valence-corrected chi connectivity index (χ1v) is 9.73. The molecule has 0 fully saturated rings. The maximum absolute atomic E-state index is 12.2. The summed E-state index contributed by atoms with van der Waals surface area (Å²) in [5.74, 6) is 1.06. The third kappa shape index (κ3) is 11.1. The van der Waals surface area contributed by atoms with E-state index in [1.54, 1.807) is 18.2 Å². The number of aliphatic hydroxyl groups excluding tert-OH is 1. The largest absolute Gasteiger partial charge is 0.411 e. The molecule has 1 rings (SSSR count). The van der Waals surface area contributed by atoms with Crippen molar-refractivity contribution in [1.29, 1.82) is 0 Å². The number of alkyl halides is 3. The molecule has 1 atom stereocenters. The van der Waals surface area contributed by atoms with Gasteiger partial charge in [0.2, 0.25) is 0 Å². The van der Waals surface area contributed by atoms with E-state index in [-0.39, 0.29) is 13.2 Å². The molecule has 0 heterocycles. The highest BCUT2D eigenvalue weighted by molar-refractivity contribution is 5.79. The number of benzene rings is 1. The van der Waals surface area contributed by atoms with Gasteiger partial charge in [0, 0.05) is 19.7 Å². The third-order valence-electron chi connectivity index (χ3n) is 4.08. The maximum Gasteiger partial charge on any atom is 0.411 e. The van der Waals surface area contributed by atoms with Crippen molar-refractivity contribution in [3.05, 3.63) is 35.4 Å². The minimum absolute atomic E-state index is 0.0881. The molecule has 0 aromatic heterocycles. The molecule has 160 valence electrons. The van der Waals surface area contributed by atoms with Gasteiger partial charge < -0.3 is 20.5 Å². The van der Waals surface area contributed by atoms with Gasteiger partial charge in [-0.2, -0.15) is 13.2 Å². The molecule has 0 aliphatic heterocycles. The zero-order chi connectivity index (χ0) is 20.8. The molecule has 0 saturated heterocycles. The van der Waals surface area contributed by atoms with Crippen molar-refractivity contribution >= 4 is 5.96 Å². The zero-order valence-corrected chi connectivity index (χ0v) is 16.7. The van der Waals surface area contributed by atoms with Crippen molar-refractivity contribution in [3.63, 3.8) is 0 Å². The second kappa shape index (κ2) is 13.4. The van der Waals surface area contributed by atoms with Gasteiger partial charge in [-0.3, -0.25) is 0 Å².